The van der Waals surface area contributed by atoms with Crippen molar-refractivity contribution in [3.8, 4) is 50.7 Å². The van der Waals surface area contributed by atoms with Crippen molar-refractivity contribution in [1.82, 2.24) is 9.55 Å². The van der Waals surface area contributed by atoms with Crippen LogP contribution in [0.1, 0.15) is 142 Å². The number of aryl methyl sites for hydroxylation is 2. The number of ether oxygens (including phenoxy) is 1. The molecule has 6 heteroatoms. The van der Waals surface area contributed by atoms with Crippen molar-refractivity contribution in [3.63, 3.8) is 0 Å². The van der Waals surface area contributed by atoms with Gasteiger partial charge in [-0.05, 0) is 128 Å². The number of rotatable bonds is 17. The van der Waals surface area contributed by atoms with E-state index in [4.69, 9.17) is 20.7 Å². The van der Waals surface area contributed by atoms with Gasteiger partial charge in [0.15, 0.2) is 0 Å². The summed E-state index contributed by atoms with van der Waals surface area (Å²) in [4.78, 5) is 8.57. The topological polar surface area (TPSA) is 33.5 Å². The molecule has 0 amide bonds. The Morgan fingerprint density at radius 1 is 0.582 bits per heavy atom. The second kappa shape index (κ2) is 23.6. The molecule has 0 atom stereocenters. The van der Waals surface area contributed by atoms with E-state index in [0.717, 1.165) is 53.5 Å². The van der Waals surface area contributed by atoms with E-state index < -0.39 is 101 Å². The number of anilines is 4. The minimum atomic E-state index is -0.760. The molecule has 404 valence electrons. The molecule has 79 heavy (non-hydrogen) atoms. The summed E-state index contributed by atoms with van der Waals surface area (Å²) in [6.45, 7) is 18.5. The monoisotopic (exact) mass is 1230 g/mol. The van der Waals surface area contributed by atoms with Crippen LogP contribution in [0.3, 0.4) is 0 Å². The average Bonchev–Trinajstić information content (AvgIpc) is 1.72. The van der Waals surface area contributed by atoms with Crippen molar-refractivity contribution in [3.05, 3.63) is 223 Å². The molecule has 0 radical (unpaired) electrons. The van der Waals surface area contributed by atoms with Gasteiger partial charge in [0, 0.05) is 72.5 Å². The Kier molecular flexibility index (Phi) is 12.0. The molecule has 10 aromatic rings. The second-order valence-electron chi connectivity index (χ2n) is 22.2. The number of nitrogens with zero attached hydrogens (tertiary/aromatic N) is 4. The summed E-state index contributed by atoms with van der Waals surface area (Å²) in [6.07, 6.45) is 12.1. The largest absolute Gasteiger partial charge is 0.509 e. The molecular formula is C73H73N4OPt-3. The first-order valence-electron chi connectivity index (χ1n) is 34.3. The molecule has 0 saturated carbocycles. The second-order valence-corrected chi connectivity index (χ2v) is 22.2. The first-order chi connectivity index (χ1) is 43.7. The van der Waals surface area contributed by atoms with E-state index in [-0.39, 0.29) is 54.4 Å². The molecule has 0 bridgehead atoms. The van der Waals surface area contributed by atoms with Crippen LogP contribution >= 0.6 is 0 Å². The number of benzene rings is 8. The van der Waals surface area contributed by atoms with E-state index in [1.165, 1.54) is 48.6 Å². The number of para-hydroxylation sites is 2. The zero-order valence-electron chi connectivity index (χ0n) is 60.2. The predicted molar refractivity (Wildman–Crippen MR) is 329 cm³/mol. The molecule has 3 heterocycles. The minimum absolute atomic E-state index is 0. The summed E-state index contributed by atoms with van der Waals surface area (Å²) < 4.78 is 136. The number of aromatic nitrogens is 2. The van der Waals surface area contributed by atoms with Crippen LogP contribution in [0.15, 0.2) is 182 Å². The van der Waals surface area contributed by atoms with Gasteiger partial charge in [0.05, 0.1) is 19.2 Å². The Labute approximate surface area is 504 Å². The van der Waals surface area contributed by atoms with Crippen LogP contribution in [0.5, 0.6) is 11.5 Å². The quantitative estimate of drug-likeness (QED) is 0.0672. The number of fused-ring (bicyclic) bond motifs is 4. The Hall–Kier alpha value is -7.20. The normalized spacial score (nSPS) is 15.0. The van der Waals surface area contributed by atoms with Crippen molar-refractivity contribution in [2.75, 3.05) is 9.80 Å². The van der Waals surface area contributed by atoms with Crippen LogP contribution in [0, 0.1) is 18.8 Å². The zero-order valence-corrected chi connectivity index (χ0v) is 48.5. The van der Waals surface area contributed by atoms with Gasteiger partial charge < -0.3 is 19.1 Å². The number of unbranched alkanes of at least 4 members (excludes halogenated alkanes) is 5. The van der Waals surface area contributed by atoms with Crippen LogP contribution in [-0.2, 0) is 44.7 Å². The minimum Gasteiger partial charge on any atom is -0.509 e. The molecule has 5 nitrogen and oxygen atoms in total. The van der Waals surface area contributed by atoms with E-state index in [1.54, 1.807) is 35.8 Å². The third kappa shape index (κ3) is 11.5. The van der Waals surface area contributed by atoms with Gasteiger partial charge in [-0.15, -0.1) is 48.1 Å². The molecule has 11 rings (SSSR count). The molecule has 0 spiro atoms. The van der Waals surface area contributed by atoms with E-state index in [0.29, 0.717) is 34.1 Å². The molecule has 2 aromatic heterocycles. The van der Waals surface area contributed by atoms with Crippen molar-refractivity contribution in [2.45, 2.75) is 124 Å². The summed E-state index contributed by atoms with van der Waals surface area (Å²) in [7, 11) is 0. The average molecular weight is 1230 g/mol. The molecular weight excluding hydrogens is 1140 g/mol. The van der Waals surface area contributed by atoms with Crippen molar-refractivity contribution >= 4 is 44.6 Å². The first-order valence-corrected chi connectivity index (χ1v) is 27.3. The molecule has 0 N–H and O–H groups in total. The van der Waals surface area contributed by atoms with Crippen LogP contribution < -0.4 is 14.5 Å². The Morgan fingerprint density at radius 2 is 1.24 bits per heavy atom. The summed E-state index contributed by atoms with van der Waals surface area (Å²) >= 11 is 0. The fraction of sp³-hybridized carbons (Fsp3) is 0.260. The molecule has 1 aliphatic rings. The predicted octanol–water partition coefficient (Wildman–Crippen LogP) is 20.4. The SMILES string of the molecule is [2H]c1c([2H])c([2H])c(-c2cc(C(C)(C)C)cc(-c3c([2H])c([2H])c([2H])c(-c4c([2H])c([2H])c([2H])c([2H])c4[2H])c3[2H])c2N2[CH-]N(c3[c-]c(Oc4[c-]c5c(cc4)c4c(CCC)c(CCCCCCCC)ccc4n5-c4cc(C(C)(C)C)ccn4)ccc3)c3ccccc32)c([2H])c1[2H].[Pt]. The van der Waals surface area contributed by atoms with E-state index in [9.17, 15) is 8.22 Å². The Bertz CT molecular complexity index is 4530. The van der Waals surface area contributed by atoms with Gasteiger partial charge in [0.1, 0.15) is 5.82 Å². The first kappa shape index (κ1) is 40.0. The van der Waals surface area contributed by atoms with Gasteiger partial charge in [-0.2, -0.15) is 12.1 Å². The summed E-state index contributed by atoms with van der Waals surface area (Å²) in [5.41, 5.74) is 5.74. The van der Waals surface area contributed by atoms with Gasteiger partial charge in [-0.3, -0.25) is 0 Å². The van der Waals surface area contributed by atoms with Gasteiger partial charge >= 0.3 is 0 Å². The molecule has 0 fully saturated rings. The van der Waals surface area contributed by atoms with Crippen molar-refractivity contribution in [2.24, 2.45) is 0 Å². The van der Waals surface area contributed by atoms with Crippen LogP contribution in [0.25, 0.3) is 61.0 Å². The maximum absolute atomic E-state index is 10.0. The van der Waals surface area contributed by atoms with Crippen LogP contribution in [-0.4, -0.2) is 9.55 Å². The van der Waals surface area contributed by atoms with Crippen LogP contribution in [0.2, 0.25) is 0 Å². The Morgan fingerprint density at radius 3 is 1.96 bits per heavy atom. The smallest absolute Gasteiger partial charge is 0.135 e. The zero-order chi connectivity index (χ0) is 66.2. The standard InChI is InChI=1S/C73H73N4O.Pt/c1-9-11-12-13-14-17-31-53-38-41-67-70(61(53)26-10-2)62-40-39-60(49-68(62)77(67)69-47-56(42-43-74-69)72(3,4)5)78-59-35-25-34-58(48-59)75-50-76(66-37-23-22-36-65(66)75)71-63(52-29-20-16-21-30-52)45-57(73(6,7)8)46-64(71)55-33-24-32-54(44-55)51-27-18-15-19-28-51;/h15-16,18-25,27-30,32-47,50H,9-14,17,26,31H2,1-8H3;/q-3;/i15D,16D,18D,19D,20D,21D,24D,27D,28D,29D,30D,32D,33D,44D;. The molecule has 0 unspecified atom stereocenters. The number of pyridine rings is 1. The van der Waals surface area contributed by atoms with Gasteiger partial charge in [0.2, 0.25) is 0 Å². The molecule has 8 aromatic carbocycles. The molecule has 0 saturated heterocycles. The third-order valence-corrected chi connectivity index (χ3v) is 14.7. The maximum Gasteiger partial charge on any atom is 0.135 e. The molecule has 0 aliphatic carbocycles. The van der Waals surface area contributed by atoms with Gasteiger partial charge in [-0.25, -0.2) is 4.98 Å². The Balaban J connectivity index is 0.00000946. The van der Waals surface area contributed by atoms with E-state index >= 15 is 0 Å². The number of hydrogen-bond acceptors (Lipinski definition) is 4. The van der Waals surface area contributed by atoms with E-state index in [1.807, 2.05) is 68.3 Å². The van der Waals surface area contributed by atoms with Crippen molar-refractivity contribution < 1.29 is 45.0 Å². The maximum atomic E-state index is 10.0. The summed E-state index contributed by atoms with van der Waals surface area (Å²) in [5, 5.41) is 2.22. The van der Waals surface area contributed by atoms with Gasteiger partial charge in [-0.1, -0.05) is 196 Å². The molecule has 1 aliphatic heterocycles. The van der Waals surface area contributed by atoms with Gasteiger partial charge in [0.25, 0.3) is 0 Å². The number of hydrogen-bond donors (Lipinski definition) is 0. The van der Waals surface area contributed by atoms with Crippen LogP contribution in [0.4, 0.5) is 22.7 Å². The fourth-order valence-electron chi connectivity index (χ4n) is 10.6. The fourth-order valence-corrected chi connectivity index (χ4v) is 10.6. The summed E-state index contributed by atoms with van der Waals surface area (Å²) in [5.74, 6) is 1.54. The van der Waals surface area contributed by atoms with E-state index in [2.05, 4.69) is 81.7 Å². The summed E-state index contributed by atoms with van der Waals surface area (Å²) in [6, 6.07) is 27.2. The third-order valence-electron chi connectivity index (χ3n) is 14.7. The van der Waals surface area contributed by atoms with Crippen molar-refractivity contribution in [1.29, 1.82) is 0 Å².